The second-order valence-corrected chi connectivity index (χ2v) is 5.96. The minimum Gasteiger partial charge on any atom is -0.465 e. The van der Waals surface area contributed by atoms with Gasteiger partial charge in [0.15, 0.2) is 0 Å². The van der Waals surface area contributed by atoms with Crippen LogP contribution in [0.5, 0.6) is 0 Å². The summed E-state index contributed by atoms with van der Waals surface area (Å²) in [6, 6.07) is 1.96. The van der Waals surface area contributed by atoms with Gasteiger partial charge in [-0.3, -0.25) is 0 Å². The Hall–Kier alpha value is -1.59. The van der Waals surface area contributed by atoms with Crippen molar-refractivity contribution >= 4 is 17.3 Å². The summed E-state index contributed by atoms with van der Waals surface area (Å²) < 4.78 is 6.90. The van der Waals surface area contributed by atoms with Crippen molar-refractivity contribution in [2.24, 2.45) is 0 Å². The molecule has 5 heteroatoms. The molecule has 0 amide bonds. The fourth-order valence-corrected chi connectivity index (χ4v) is 3.81. The average Bonchev–Trinajstić information content (AvgIpc) is 3.02. The Morgan fingerprint density at radius 3 is 3.10 bits per heavy atom. The first kappa shape index (κ1) is 13.4. The summed E-state index contributed by atoms with van der Waals surface area (Å²) in [7, 11) is 1.40. The van der Waals surface area contributed by atoms with E-state index in [1.165, 1.54) is 18.4 Å². The molecule has 0 bridgehead atoms. The molecule has 4 nitrogen and oxygen atoms in total. The van der Waals surface area contributed by atoms with E-state index in [2.05, 4.69) is 0 Å². The predicted octanol–water partition coefficient (Wildman–Crippen LogP) is 3.00. The van der Waals surface area contributed by atoms with Gasteiger partial charge in [0.1, 0.15) is 4.88 Å². The van der Waals surface area contributed by atoms with Crippen LogP contribution in [-0.4, -0.2) is 22.8 Å². The highest BCUT2D eigenvalue weighted by Crippen LogP contribution is 2.35. The number of aliphatic hydroxyl groups excluding tert-OH is 1. The number of nitrogens with zero attached hydrogens (tertiary/aromatic N) is 1. The third-order valence-corrected chi connectivity index (χ3v) is 4.90. The highest BCUT2D eigenvalue weighted by atomic mass is 32.1. The lowest BCUT2D eigenvalue weighted by Gasteiger charge is -2.20. The summed E-state index contributed by atoms with van der Waals surface area (Å²) in [4.78, 5) is 12.5. The fraction of sp³-hybridized carbons (Fsp3) is 0.400. The van der Waals surface area contributed by atoms with Gasteiger partial charge in [-0.2, -0.15) is 0 Å². The molecule has 1 unspecified atom stereocenters. The van der Waals surface area contributed by atoms with Crippen LogP contribution < -0.4 is 0 Å². The van der Waals surface area contributed by atoms with Crippen LogP contribution in [0.4, 0.5) is 0 Å². The lowest BCUT2D eigenvalue weighted by molar-refractivity contribution is 0.0606. The summed E-state index contributed by atoms with van der Waals surface area (Å²) in [6.07, 6.45) is 4.26. The van der Waals surface area contributed by atoms with Crippen molar-refractivity contribution in [3.8, 4) is 5.69 Å². The van der Waals surface area contributed by atoms with Gasteiger partial charge in [-0.15, -0.1) is 11.3 Å². The van der Waals surface area contributed by atoms with Gasteiger partial charge in [-0.05, 0) is 43.2 Å². The van der Waals surface area contributed by atoms with E-state index in [4.69, 9.17) is 4.74 Å². The molecular weight excluding hydrogens is 274 g/mol. The summed E-state index contributed by atoms with van der Waals surface area (Å²) in [5.74, 6) is -0.308. The topological polar surface area (TPSA) is 51.5 Å². The van der Waals surface area contributed by atoms with Gasteiger partial charge in [-0.25, -0.2) is 4.79 Å². The molecule has 2 aromatic rings. The van der Waals surface area contributed by atoms with Crippen LogP contribution in [-0.2, 0) is 11.2 Å². The molecule has 2 heterocycles. The molecule has 0 saturated heterocycles. The van der Waals surface area contributed by atoms with Crippen molar-refractivity contribution < 1.29 is 14.6 Å². The van der Waals surface area contributed by atoms with E-state index < -0.39 is 0 Å². The van der Waals surface area contributed by atoms with E-state index in [-0.39, 0.29) is 12.1 Å². The zero-order valence-corrected chi connectivity index (χ0v) is 12.4. The van der Waals surface area contributed by atoms with Crippen molar-refractivity contribution in [3.05, 3.63) is 39.3 Å². The van der Waals surface area contributed by atoms with Crippen molar-refractivity contribution in [1.82, 2.24) is 4.57 Å². The normalized spacial score (nSPS) is 17.9. The first-order valence-electron chi connectivity index (χ1n) is 6.68. The zero-order chi connectivity index (χ0) is 14.3. The molecule has 2 aromatic heterocycles. The van der Waals surface area contributed by atoms with Crippen LogP contribution in [0, 0.1) is 6.92 Å². The number of aliphatic hydroxyl groups is 1. The van der Waals surface area contributed by atoms with Gasteiger partial charge in [0.2, 0.25) is 0 Å². The number of ether oxygens (including phenoxy) is 1. The largest absolute Gasteiger partial charge is 0.465 e. The van der Waals surface area contributed by atoms with Crippen molar-refractivity contribution in [3.63, 3.8) is 0 Å². The minimum absolute atomic E-state index is 0.308. The third kappa shape index (κ3) is 1.98. The summed E-state index contributed by atoms with van der Waals surface area (Å²) in [5, 5.41) is 12.0. The molecule has 1 aliphatic rings. The molecule has 106 valence electrons. The van der Waals surface area contributed by atoms with Crippen molar-refractivity contribution in [2.45, 2.75) is 32.3 Å². The smallest absolute Gasteiger partial charge is 0.350 e. The Labute approximate surface area is 121 Å². The predicted molar refractivity (Wildman–Crippen MR) is 77.6 cm³/mol. The van der Waals surface area contributed by atoms with Gasteiger partial charge < -0.3 is 14.4 Å². The second-order valence-electron chi connectivity index (χ2n) is 5.08. The quantitative estimate of drug-likeness (QED) is 0.865. The maximum atomic E-state index is 11.9. The summed E-state index contributed by atoms with van der Waals surface area (Å²) in [6.45, 7) is 1.99. The average molecular weight is 291 g/mol. The van der Waals surface area contributed by atoms with Crippen molar-refractivity contribution in [2.75, 3.05) is 7.11 Å². The van der Waals surface area contributed by atoms with Crippen LogP contribution >= 0.6 is 11.3 Å². The number of hydrogen-bond acceptors (Lipinski definition) is 4. The van der Waals surface area contributed by atoms with Crippen LogP contribution in [0.3, 0.4) is 0 Å². The third-order valence-electron chi connectivity index (χ3n) is 3.83. The Morgan fingerprint density at radius 1 is 1.55 bits per heavy atom. The van der Waals surface area contributed by atoms with Gasteiger partial charge in [0.05, 0.1) is 18.9 Å². The Kier molecular flexibility index (Phi) is 3.40. The van der Waals surface area contributed by atoms with E-state index >= 15 is 0 Å². The maximum absolute atomic E-state index is 11.9. The molecule has 1 N–H and O–H groups in total. The summed E-state index contributed by atoms with van der Waals surface area (Å²) in [5.41, 5.74) is 4.03. The number of fused-ring (bicyclic) bond motifs is 1. The standard InChI is InChI=1S/C15H17NO3S/c1-9-8-20-14(15(18)19-2)13(9)16-7-6-10-11(16)4-3-5-12(10)17/h6-8,12,17H,3-5H2,1-2H3. The van der Waals surface area contributed by atoms with E-state index in [1.807, 2.05) is 29.1 Å². The van der Waals surface area contributed by atoms with Gasteiger partial charge in [0, 0.05) is 17.5 Å². The van der Waals surface area contributed by atoms with Crippen molar-refractivity contribution in [1.29, 1.82) is 0 Å². The number of thiophene rings is 1. The first-order chi connectivity index (χ1) is 9.63. The number of carbonyl (C=O) groups excluding carboxylic acids is 1. The number of carbonyl (C=O) groups is 1. The van der Waals surface area contributed by atoms with E-state index in [9.17, 15) is 9.90 Å². The lowest BCUT2D eigenvalue weighted by Crippen LogP contribution is -2.13. The Balaban J connectivity index is 2.15. The van der Waals surface area contributed by atoms with Crippen LogP contribution in [0.25, 0.3) is 5.69 Å². The highest BCUT2D eigenvalue weighted by Gasteiger charge is 2.25. The number of methoxy groups -OCH3 is 1. The number of esters is 1. The Morgan fingerprint density at radius 2 is 2.35 bits per heavy atom. The molecule has 1 aliphatic carbocycles. The van der Waals surface area contributed by atoms with E-state index in [0.29, 0.717) is 4.88 Å². The second kappa shape index (κ2) is 5.07. The van der Waals surface area contributed by atoms with Crippen LogP contribution in [0.1, 0.15) is 45.4 Å². The molecule has 0 fully saturated rings. The molecular formula is C15H17NO3S. The monoisotopic (exact) mass is 291 g/mol. The molecule has 0 aliphatic heterocycles. The molecule has 0 saturated carbocycles. The molecule has 0 radical (unpaired) electrons. The molecule has 20 heavy (non-hydrogen) atoms. The number of rotatable bonds is 2. The lowest BCUT2D eigenvalue weighted by atomic mass is 9.95. The van der Waals surface area contributed by atoms with Crippen LogP contribution in [0.15, 0.2) is 17.6 Å². The highest BCUT2D eigenvalue weighted by molar-refractivity contribution is 7.12. The number of hydrogen-bond donors (Lipinski definition) is 1. The minimum atomic E-state index is -0.388. The first-order valence-corrected chi connectivity index (χ1v) is 7.56. The number of aromatic nitrogens is 1. The molecule has 3 rings (SSSR count). The fourth-order valence-electron chi connectivity index (χ4n) is 2.85. The van der Waals surface area contributed by atoms with E-state index in [0.717, 1.165) is 41.8 Å². The molecule has 1 atom stereocenters. The maximum Gasteiger partial charge on any atom is 0.350 e. The number of aryl methyl sites for hydroxylation is 1. The van der Waals surface area contributed by atoms with Crippen LogP contribution in [0.2, 0.25) is 0 Å². The summed E-state index contributed by atoms with van der Waals surface area (Å²) >= 11 is 1.40. The molecule has 0 spiro atoms. The van der Waals surface area contributed by atoms with Gasteiger partial charge in [0.25, 0.3) is 0 Å². The van der Waals surface area contributed by atoms with E-state index in [1.54, 1.807) is 0 Å². The zero-order valence-electron chi connectivity index (χ0n) is 11.5. The molecule has 0 aromatic carbocycles. The Bertz CT molecular complexity index is 656. The van der Waals surface area contributed by atoms with Gasteiger partial charge >= 0.3 is 5.97 Å². The SMILES string of the molecule is COC(=O)c1scc(C)c1-n1ccc2c1CCCC2O. The van der Waals surface area contributed by atoms with Gasteiger partial charge in [-0.1, -0.05) is 0 Å².